The molecular formula is C25H30F4. The third kappa shape index (κ3) is 4.32. The molecule has 0 aliphatic heterocycles. The Bertz CT molecular complexity index is 749. The van der Waals surface area contributed by atoms with Gasteiger partial charge >= 0.3 is 0 Å². The van der Waals surface area contributed by atoms with Crippen LogP contribution in [0.4, 0.5) is 17.6 Å². The fourth-order valence-corrected chi connectivity index (χ4v) is 5.65. The topological polar surface area (TPSA) is 0 Å². The van der Waals surface area contributed by atoms with Crippen molar-refractivity contribution in [3.05, 3.63) is 59.5 Å². The first kappa shape index (κ1) is 20.7. The van der Waals surface area contributed by atoms with Gasteiger partial charge in [-0.15, -0.1) is 0 Å². The first-order valence-electron chi connectivity index (χ1n) is 11.2. The van der Waals surface area contributed by atoms with E-state index in [1.165, 1.54) is 56.7 Å². The first-order valence-corrected chi connectivity index (χ1v) is 11.2. The highest BCUT2D eigenvalue weighted by Gasteiger charge is 2.45. The number of halogens is 4. The lowest BCUT2D eigenvalue weighted by Crippen LogP contribution is -2.36. The molecule has 2 unspecified atom stereocenters. The number of benzene rings is 1. The summed E-state index contributed by atoms with van der Waals surface area (Å²) in [6.07, 6.45) is 14.8. The summed E-state index contributed by atoms with van der Waals surface area (Å²) in [7, 11) is 0. The Hall–Kier alpha value is -1.58. The molecule has 0 aromatic heterocycles. The van der Waals surface area contributed by atoms with Crippen LogP contribution in [0.25, 0.3) is 0 Å². The first-order chi connectivity index (χ1) is 14.0. The van der Waals surface area contributed by atoms with E-state index in [1.807, 2.05) is 0 Å². The van der Waals surface area contributed by atoms with Gasteiger partial charge in [0.15, 0.2) is 5.67 Å². The van der Waals surface area contributed by atoms with Gasteiger partial charge in [-0.3, -0.25) is 0 Å². The van der Waals surface area contributed by atoms with Crippen molar-refractivity contribution < 1.29 is 17.6 Å². The summed E-state index contributed by atoms with van der Waals surface area (Å²) in [5.41, 5.74) is -2.37. The molecule has 0 bridgehead atoms. The average Bonchev–Trinajstić information content (AvgIpc) is 3.23. The van der Waals surface area contributed by atoms with Gasteiger partial charge in [0, 0.05) is 17.4 Å². The van der Waals surface area contributed by atoms with E-state index >= 15 is 4.39 Å². The second-order valence-corrected chi connectivity index (χ2v) is 9.25. The molecule has 2 fully saturated rings. The second kappa shape index (κ2) is 8.65. The van der Waals surface area contributed by atoms with Crippen LogP contribution in [0.5, 0.6) is 0 Å². The fraction of sp³-hybridized carbons (Fsp3) is 0.600. The zero-order chi connectivity index (χ0) is 20.4. The molecule has 4 heteroatoms. The molecule has 4 rings (SSSR count). The lowest BCUT2D eigenvalue weighted by Gasteiger charge is -2.38. The minimum atomic E-state index is -2.14. The van der Waals surface area contributed by atoms with E-state index in [0.717, 1.165) is 37.0 Å². The van der Waals surface area contributed by atoms with E-state index in [1.54, 1.807) is 0 Å². The summed E-state index contributed by atoms with van der Waals surface area (Å²) in [5, 5.41) is 0. The molecule has 2 atom stereocenters. The van der Waals surface area contributed by atoms with Gasteiger partial charge in [0.05, 0.1) is 0 Å². The smallest absolute Gasteiger partial charge is 0.182 e. The molecule has 0 N–H and O–H groups in total. The molecular weight excluding hydrogens is 376 g/mol. The van der Waals surface area contributed by atoms with Crippen LogP contribution in [-0.2, 0) is 0 Å². The number of allylic oxidation sites excluding steroid dienone is 4. The molecule has 0 saturated heterocycles. The van der Waals surface area contributed by atoms with Crippen molar-refractivity contribution in [3.63, 3.8) is 0 Å². The predicted molar refractivity (Wildman–Crippen MR) is 108 cm³/mol. The van der Waals surface area contributed by atoms with Crippen molar-refractivity contribution in [2.24, 2.45) is 17.8 Å². The van der Waals surface area contributed by atoms with E-state index in [2.05, 4.69) is 0 Å². The van der Waals surface area contributed by atoms with Crippen molar-refractivity contribution in [2.45, 2.75) is 75.8 Å². The summed E-state index contributed by atoms with van der Waals surface area (Å²) in [6, 6.07) is 3.55. The fourth-order valence-electron chi connectivity index (χ4n) is 5.65. The van der Waals surface area contributed by atoms with Gasteiger partial charge in [-0.25, -0.2) is 17.6 Å². The molecule has 3 aliphatic carbocycles. The average molecular weight is 407 g/mol. The maximum Gasteiger partial charge on any atom is 0.182 e. The molecule has 0 nitrogen and oxygen atoms in total. The zero-order valence-electron chi connectivity index (χ0n) is 16.9. The van der Waals surface area contributed by atoms with Crippen LogP contribution in [0, 0.1) is 29.4 Å². The van der Waals surface area contributed by atoms with Crippen molar-refractivity contribution in [2.75, 3.05) is 0 Å². The number of rotatable bonds is 5. The number of alkyl halides is 1. The third-order valence-electron chi connectivity index (χ3n) is 7.47. The molecule has 1 aromatic carbocycles. The Balaban J connectivity index is 1.37. The van der Waals surface area contributed by atoms with Gasteiger partial charge in [0.1, 0.15) is 17.5 Å². The monoisotopic (exact) mass is 406 g/mol. The van der Waals surface area contributed by atoms with E-state index in [9.17, 15) is 13.2 Å². The molecule has 29 heavy (non-hydrogen) atoms. The van der Waals surface area contributed by atoms with Crippen molar-refractivity contribution in [1.29, 1.82) is 0 Å². The third-order valence-corrected chi connectivity index (χ3v) is 7.47. The summed E-state index contributed by atoms with van der Waals surface area (Å²) < 4.78 is 58.5. The lowest BCUT2D eigenvalue weighted by molar-refractivity contribution is 0.0943. The van der Waals surface area contributed by atoms with Crippen LogP contribution in [0.2, 0.25) is 0 Å². The Kier molecular flexibility index (Phi) is 6.17. The van der Waals surface area contributed by atoms with Crippen LogP contribution >= 0.6 is 0 Å². The molecule has 2 saturated carbocycles. The normalized spacial score (nSPS) is 33.1. The molecule has 0 amide bonds. The van der Waals surface area contributed by atoms with Gasteiger partial charge in [0.2, 0.25) is 0 Å². The van der Waals surface area contributed by atoms with Crippen LogP contribution in [0.3, 0.4) is 0 Å². The molecule has 0 heterocycles. The van der Waals surface area contributed by atoms with Gasteiger partial charge in [-0.2, -0.15) is 0 Å². The van der Waals surface area contributed by atoms with E-state index in [-0.39, 0.29) is 5.56 Å². The van der Waals surface area contributed by atoms with E-state index < -0.39 is 35.0 Å². The number of hydrogen-bond acceptors (Lipinski definition) is 0. The molecule has 0 radical (unpaired) electrons. The minimum Gasteiger partial charge on any atom is -0.231 e. The van der Waals surface area contributed by atoms with Crippen LogP contribution in [0.1, 0.15) is 75.7 Å². The van der Waals surface area contributed by atoms with Crippen molar-refractivity contribution >= 4 is 0 Å². The van der Waals surface area contributed by atoms with Gasteiger partial charge < -0.3 is 0 Å². The highest BCUT2D eigenvalue weighted by Crippen LogP contribution is 2.47. The summed E-state index contributed by atoms with van der Waals surface area (Å²) >= 11 is 0. The Morgan fingerprint density at radius 1 is 0.828 bits per heavy atom. The predicted octanol–water partition coefficient (Wildman–Crippen LogP) is 7.96. The van der Waals surface area contributed by atoms with Gasteiger partial charge in [-0.05, 0) is 49.0 Å². The second-order valence-electron chi connectivity index (χ2n) is 9.25. The number of hydrogen-bond donors (Lipinski definition) is 0. The molecule has 3 aliphatic rings. The van der Waals surface area contributed by atoms with Gasteiger partial charge in [-0.1, -0.05) is 63.5 Å². The Labute approximate surface area is 171 Å². The minimum absolute atomic E-state index is 0.225. The molecule has 0 spiro atoms. The summed E-state index contributed by atoms with van der Waals surface area (Å²) in [5.74, 6) is -2.20. The largest absolute Gasteiger partial charge is 0.231 e. The zero-order valence-corrected chi connectivity index (χ0v) is 16.9. The summed E-state index contributed by atoms with van der Waals surface area (Å²) in [6.45, 7) is 0. The molecule has 158 valence electrons. The van der Waals surface area contributed by atoms with Crippen molar-refractivity contribution in [3.8, 4) is 0 Å². The maximum absolute atomic E-state index is 15.6. The SMILES string of the molecule is FC1=CC(c2c(F)cccc2F)C=CC1(F)[C@H]1CC[C@H](CCC2CCCC2)CC1. The highest BCUT2D eigenvalue weighted by molar-refractivity contribution is 5.39. The lowest BCUT2D eigenvalue weighted by atomic mass is 9.70. The van der Waals surface area contributed by atoms with Crippen LogP contribution in [-0.4, -0.2) is 5.67 Å². The van der Waals surface area contributed by atoms with E-state index in [4.69, 9.17) is 0 Å². The van der Waals surface area contributed by atoms with Gasteiger partial charge in [0.25, 0.3) is 0 Å². The summed E-state index contributed by atoms with van der Waals surface area (Å²) in [4.78, 5) is 0. The van der Waals surface area contributed by atoms with Crippen LogP contribution < -0.4 is 0 Å². The van der Waals surface area contributed by atoms with Crippen molar-refractivity contribution in [1.82, 2.24) is 0 Å². The Morgan fingerprint density at radius 3 is 2.00 bits per heavy atom. The standard InChI is InChI=1S/C25H30F4/c26-21-6-3-7-22(27)24(21)19-14-15-25(29,23(28)16-19)20-12-10-18(11-13-20)9-8-17-4-1-2-5-17/h3,6-7,14-20H,1-2,4-5,8-13H2/t18-,19?,20-,25?. The Morgan fingerprint density at radius 2 is 1.41 bits per heavy atom. The van der Waals surface area contributed by atoms with E-state index in [0.29, 0.717) is 18.8 Å². The maximum atomic E-state index is 15.6. The molecule has 1 aromatic rings. The van der Waals surface area contributed by atoms with Crippen LogP contribution in [0.15, 0.2) is 42.3 Å². The quantitative estimate of drug-likeness (QED) is 0.344. The highest BCUT2D eigenvalue weighted by atomic mass is 19.2.